The second-order valence-electron chi connectivity index (χ2n) is 9.08. The smallest absolute Gasteiger partial charge is 0.250 e. The molecule has 1 heterocycles. The van der Waals surface area contributed by atoms with Crippen molar-refractivity contribution in [1.29, 1.82) is 0 Å². The van der Waals surface area contributed by atoms with Crippen molar-refractivity contribution in [2.45, 2.75) is 31.9 Å². The third kappa shape index (κ3) is 8.12. The number of nitrogens with zero attached hydrogens (tertiary/aromatic N) is 1. The number of nitrogens with one attached hydrogen (secondary N) is 2. The van der Waals surface area contributed by atoms with Crippen LogP contribution in [0, 0.1) is 0 Å². The summed E-state index contributed by atoms with van der Waals surface area (Å²) in [5.74, 6) is 0.736. The van der Waals surface area contributed by atoms with E-state index in [9.17, 15) is 9.90 Å². The van der Waals surface area contributed by atoms with Gasteiger partial charge < -0.3 is 30.1 Å². The van der Waals surface area contributed by atoms with Gasteiger partial charge >= 0.3 is 0 Å². The molecular weight excluding hydrogens is 502 g/mol. The summed E-state index contributed by atoms with van der Waals surface area (Å²) in [7, 11) is 0. The van der Waals surface area contributed by atoms with E-state index in [1.165, 1.54) is 5.69 Å². The molecule has 0 radical (unpaired) electrons. The van der Waals surface area contributed by atoms with E-state index in [0.29, 0.717) is 13.0 Å². The van der Waals surface area contributed by atoms with Gasteiger partial charge in [-0.2, -0.15) is 0 Å². The molecule has 0 saturated heterocycles. The average molecular weight is 540 g/mol. The lowest BCUT2D eigenvalue weighted by Crippen LogP contribution is -2.41. The van der Waals surface area contributed by atoms with Crippen LogP contribution in [0.3, 0.4) is 0 Å². The van der Waals surface area contributed by atoms with Crippen LogP contribution in [0.5, 0.6) is 5.75 Å². The van der Waals surface area contributed by atoms with Crippen molar-refractivity contribution < 1.29 is 19.4 Å². The minimum Gasteiger partial charge on any atom is -0.490 e. The number of aliphatic hydroxyl groups excluding tert-OH is 1. The Morgan fingerprint density at radius 3 is 2.53 bits per heavy atom. The Morgan fingerprint density at radius 2 is 1.79 bits per heavy atom. The van der Waals surface area contributed by atoms with Crippen LogP contribution in [0.25, 0.3) is 0 Å². The molecule has 1 amide bonds. The maximum atomic E-state index is 13.0. The molecule has 7 nitrogen and oxygen atoms in total. The fourth-order valence-electron chi connectivity index (χ4n) is 4.55. The molecule has 204 valence electrons. The predicted molar refractivity (Wildman–Crippen MR) is 154 cm³/mol. The molecule has 0 fully saturated rings. The van der Waals surface area contributed by atoms with Crippen LogP contribution in [0.2, 0.25) is 0 Å². The molecule has 1 aliphatic heterocycles. The van der Waals surface area contributed by atoms with Gasteiger partial charge in [-0.05, 0) is 48.7 Å². The number of hydrogen-bond donors (Lipinski definition) is 3. The minimum absolute atomic E-state index is 0. The predicted octanol–water partition coefficient (Wildman–Crippen LogP) is 4.61. The first-order chi connectivity index (χ1) is 18.2. The SMILES string of the molecule is CCO[C@H](Cc1ccc(NCCCN2CCOc3ccccc32)cc1)C(=O)N[C@@H](CO)c1ccccc1.Cl. The summed E-state index contributed by atoms with van der Waals surface area (Å²) in [5.41, 5.74) is 4.10. The molecule has 0 spiro atoms. The fourth-order valence-corrected chi connectivity index (χ4v) is 4.55. The molecule has 38 heavy (non-hydrogen) atoms. The number of para-hydroxylation sites is 2. The Balaban J connectivity index is 0.00000400. The second kappa shape index (κ2) is 15.2. The number of halogens is 1. The second-order valence-corrected chi connectivity index (χ2v) is 9.08. The van der Waals surface area contributed by atoms with E-state index >= 15 is 0 Å². The van der Waals surface area contributed by atoms with Crippen LogP contribution >= 0.6 is 12.4 Å². The first-order valence-corrected chi connectivity index (χ1v) is 13.0. The van der Waals surface area contributed by atoms with Gasteiger partial charge in [-0.1, -0.05) is 54.6 Å². The van der Waals surface area contributed by atoms with Crippen LogP contribution in [0.1, 0.15) is 30.5 Å². The van der Waals surface area contributed by atoms with Gasteiger partial charge in [-0.3, -0.25) is 4.79 Å². The number of fused-ring (bicyclic) bond motifs is 1. The normalized spacial score (nSPS) is 13.9. The quantitative estimate of drug-likeness (QED) is 0.275. The number of amides is 1. The standard InChI is InChI=1S/C30H37N3O4.ClH/c1-2-36-29(30(35)32-26(22-34)24-9-4-3-5-10-24)21-23-13-15-25(16-14-23)31-17-8-18-33-19-20-37-28-12-7-6-11-27(28)33;/h3-7,9-16,26,29,31,34H,2,8,17-22H2,1H3,(H,32,35);1H/t26-,29+;/m0./s1. The fraction of sp³-hybridized carbons (Fsp3) is 0.367. The molecule has 1 aliphatic rings. The average Bonchev–Trinajstić information content (AvgIpc) is 2.95. The monoisotopic (exact) mass is 539 g/mol. The first kappa shape index (κ1) is 29.3. The lowest BCUT2D eigenvalue weighted by Gasteiger charge is -2.31. The number of ether oxygens (including phenoxy) is 2. The Kier molecular flexibility index (Phi) is 11.7. The van der Waals surface area contributed by atoms with Crippen molar-refractivity contribution in [3.63, 3.8) is 0 Å². The van der Waals surface area contributed by atoms with Crippen LogP contribution in [0.4, 0.5) is 11.4 Å². The van der Waals surface area contributed by atoms with E-state index in [4.69, 9.17) is 9.47 Å². The highest BCUT2D eigenvalue weighted by atomic mass is 35.5. The zero-order valence-electron chi connectivity index (χ0n) is 21.8. The van der Waals surface area contributed by atoms with Gasteiger partial charge in [0.2, 0.25) is 5.91 Å². The van der Waals surface area contributed by atoms with E-state index in [1.54, 1.807) is 0 Å². The highest BCUT2D eigenvalue weighted by Gasteiger charge is 2.23. The number of carbonyl (C=O) groups excluding carboxylic acids is 1. The lowest BCUT2D eigenvalue weighted by atomic mass is 10.0. The third-order valence-electron chi connectivity index (χ3n) is 6.49. The van der Waals surface area contributed by atoms with Crippen molar-refractivity contribution in [3.05, 3.63) is 90.0 Å². The van der Waals surface area contributed by atoms with E-state index in [0.717, 1.165) is 55.2 Å². The summed E-state index contributed by atoms with van der Waals surface area (Å²) in [6.07, 6.45) is 0.845. The Labute approximate surface area is 231 Å². The third-order valence-corrected chi connectivity index (χ3v) is 6.49. The van der Waals surface area contributed by atoms with Crippen molar-refractivity contribution in [2.75, 3.05) is 49.7 Å². The van der Waals surface area contributed by atoms with Crippen molar-refractivity contribution in [1.82, 2.24) is 5.32 Å². The molecule has 0 aliphatic carbocycles. The number of carbonyl (C=O) groups is 1. The molecule has 3 aromatic rings. The van der Waals surface area contributed by atoms with Gasteiger partial charge in [0.25, 0.3) is 0 Å². The van der Waals surface area contributed by atoms with Gasteiger partial charge in [0.15, 0.2) is 0 Å². The summed E-state index contributed by atoms with van der Waals surface area (Å²) in [6.45, 7) is 5.60. The molecule has 0 unspecified atom stereocenters. The molecule has 3 aromatic carbocycles. The van der Waals surface area contributed by atoms with E-state index in [2.05, 4.69) is 21.6 Å². The highest BCUT2D eigenvalue weighted by Crippen LogP contribution is 2.30. The zero-order valence-corrected chi connectivity index (χ0v) is 22.7. The lowest BCUT2D eigenvalue weighted by molar-refractivity contribution is -0.133. The molecule has 0 saturated carbocycles. The van der Waals surface area contributed by atoms with Gasteiger partial charge in [0.05, 0.1) is 24.9 Å². The van der Waals surface area contributed by atoms with Gasteiger partial charge in [-0.15, -0.1) is 12.4 Å². The topological polar surface area (TPSA) is 83.1 Å². The van der Waals surface area contributed by atoms with Crippen molar-refractivity contribution in [3.8, 4) is 5.75 Å². The maximum Gasteiger partial charge on any atom is 0.250 e. The summed E-state index contributed by atoms with van der Waals surface area (Å²) < 4.78 is 11.5. The molecular formula is C30H38ClN3O4. The van der Waals surface area contributed by atoms with Gasteiger partial charge in [-0.25, -0.2) is 0 Å². The van der Waals surface area contributed by atoms with Crippen LogP contribution in [-0.2, 0) is 16.0 Å². The Morgan fingerprint density at radius 1 is 1.05 bits per heavy atom. The number of anilines is 2. The molecule has 0 bridgehead atoms. The number of rotatable bonds is 13. The van der Waals surface area contributed by atoms with Crippen LogP contribution in [0.15, 0.2) is 78.9 Å². The molecule has 8 heteroatoms. The number of hydrogen-bond acceptors (Lipinski definition) is 6. The molecule has 4 rings (SSSR count). The highest BCUT2D eigenvalue weighted by molar-refractivity contribution is 5.85. The Hall–Kier alpha value is -3.26. The maximum absolute atomic E-state index is 13.0. The molecule has 0 aromatic heterocycles. The van der Waals surface area contributed by atoms with Crippen molar-refractivity contribution >= 4 is 29.7 Å². The summed E-state index contributed by atoms with van der Waals surface area (Å²) in [5, 5.41) is 16.2. The van der Waals surface area contributed by atoms with E-state index in [1.807, 2.05) is 79.7 Å². The van der Waals surface area contributed by atoms with Crippen molar-refractivity contribution in [2.24, 2.45) is 0 Å². The minimum atomic E-state index is -0.627. The molecule has 2 atom stereocenters. The van der Waals surface area contributed by atoms with E-state index in [-0.39, 0.29) is 24.9 Å². The van der Waals surface area contributed by atoms with Crippen LogP contribution in [-0.4, -0.2) is 56.6 Å². The van der Waals surface area contributed by atoms with E-state index < -0.39 is 12.1 Å². The van der Waals surface area contributed by atoms with Crippen LogP contribution < -0.4 is 20.3 Å². The summed E-state index contributed by atoms with van der Waals surface area (Å²) in [6, 6.07) is 25.3. The summed E-state index contributed by atoms with van der Waals surface area (Å²) in [4.78, 5) is 15.3. The Bertz CT molecular complexity index is 1110. The van der Waals surface area contributed by atoms with Gasteiger partial charge in [0.1, 0.15) is 18.5 Å². The summed E-state index contributed by atoms with van der Waals surface area (Å²) >= 11 is 0. The first-order valence-electron chi connectivity index (χ1n) is 13.0. The number of benzene rings is 3. The van der Waals surface area contributed by atoms with Gasteiger partial charge in [0, 0.05) is 31.8 Å². The largest absolute Gasteiger partial charge is 0.490 e. The zero-order chi connectivity index (χ0) is 25.9. The number of aliphatic hydroxyl groups is 1. The molecule has 3 N–H and O–H groups in total.